The van der Waals surface area contributed by atoms with Gasteiger partial charge in [-0.25, -0.2) is 14.3 Å². The molecule has 0 saturated carbocycles. The molecule has 2 aromatic carbocycles. The standard InChI is InChI=1S/C25H30FN7O2S/c1-17-14-19(4-6-22(17)32-12-10-31(2)11-13-32)29-25-27-16-21(26)24(30-25)28-20-5-7-23-18(15-20)8-9-33(23)36-35-34-3/h4-7,14-16H,8-13H2,1-3H3,(H2,27,28,29,30). The molecular weight excluding hydrogens is 481 g/mol. The van der Waals surface area contributed by atoms with E-state index in [1.54, 1.807) is 0 Å². The summed E-state index contributed by atoms with van der Waals surface area (Å²) in [6, 6.07) is 12.1. The van der Waals surface area contributed by atoms with Gasteiger partial charge >= 0.3 is 0 Å². The van der Waals surface area contributed by atoms with Crippen LogP contribution in [0.5, 0.6) is 0 Å². The number of aryl methyl sites for hydroxylation is 1. The second-order valence-corrected chi connectivity index (χ2v) is 9.66. The van der Waals surface area contributed by atoms with Crippen LogP contribution in [-0.4, -0.2) is 61.7 Å². The van der Waals surface area contributed by atoms with Gasteiger partial charge in [0.25, 0.3) is 0 Å². The molecule has 11 heteroatoms. The summed E-state index contributed by atoms with van der Waals surface area (Å²) in [5, 5.41) is 6.31. The van der Waals surface area contributed by atoms with Crippen molar-refractivity contribution in [1.29, 1.82) is 0 Å². The lowest BCUT2D eigenvalue weighted by molar-refractivity contribution is -0.160. The zero-order valence-electron chi connectivity index (χ0n) is 20.6. The summed E-state index contributed by atoms with van der Waals surface area (Å²) < 4.78 is 21.5. The van der Waals surface area contributed by atoms with E-state index in [1.807, 2.05) is 28.6 Å². The second kappa shape index (κ2) is 10.9. The zero-order chi connectivity index (χ0) is 25.1. The summed E-state index contributed by atoms with van der Waals surface area (Å²) in [4.78, 5) is 17.9. The first-order valence-corrected chi connectivity index (χ1v) is 12.6. The molecule has 5 rings (SSSR count). The molecule has 9 nitrogen and oxygen atoms in total. The number of rotatable bonds is 8. The van der Waals surface area contributed by atoms with Crippen LogP contribution in [0.3, 0.4) is 0 Å². The van der Waals surface area contributed by atoms with E-state index in [0.717, 1.165) is 74.0 Å². The summed E-state index contributed by atoms with van der Waals surface area (Å²) in [6.07, 6.45) is 2.03. The Labute approximate surface area is 214 Å². The SMILES string of the molecule is COOSN1CCc2cc(Nc3nc(Nc4ccc(N5CCN(C)CC5)c(C)c4)ncc3F)ccc21. The monoisotopic (exact) mass is 511 g/mol. The summed E-state index contributed by atoms with van der Waals surface area (Å²) in [7, 11) is 3.63. The number of hydrogen-bond donors (Lipinski definition) is 2. The highest BCUT2D eigenvalue weighted by molar-refractivity contribution is 7.96. The van der Waals surface area contributed by atoms with Gasteiger partial charge in [0.05, 0.1) is 19.0 Å². The Hall–Kier alpha value is -3.12. The Morgan fingerprint density at radius 2 is 1.72 bits per heavy atom. The molecule has 3 heterocycles. The molecule has 36 heavy (non-hydrogen) atoms. The van der Waals surface area contributed by atoms with Crippen molar-refractivity contribution in [1.82, 2.24) is 14.9 Å². The molecule has 0 spiro atoms. The summed E-state index contributed by atoms with van der Waals surface area (Å²) in [5.74, 6) is -0.0791. The van der Waals surface area contributed by atoms with Crippen LogP contribution in [0, 0.1) is 12.7 Å². The summed E-state index contributed by atoms with van der Waals surface area (Å²) >= 11 is 1.15. The quantitative estimate of drug-likeness (QED) is 0.193. The van der Waals surface area contributed by atoms with Crippen molar-refractivity contribution >= 4 is 46.7 Å². The van der Waals surface area contributed by atoms with Gasteiger partial charge in [-0.05, 0) is 67.9 Å². The Morgan fingerprint density at radius 1 is 0.972 bits per heavy atom. The number of hydrogen-bond acceptors (Lipinski definition) is 10. The summed E-state index contributed by atoms with van der Waals surface area (Å²) in [5.41, 5.74) is 6.20. The van der Waals surface area contributed by atoms with Crippen LogP contribution in [0.15, 0.2) is 42.6 Å². The fourth-order valence-electron chi connectivity index (χ4n) is 4.51. The topological polar surface area (TPSA) is 78.0 Å². The molecule has 190 valence electrons. The first kappa shape index (κ1) is 24.6. The Balaban J connectivity index is 1.27. The van der Waals surface area contributed by atoms with Crippen LogP contribution in [-0.2, 0) is 15.6 Å². The highest BCUT2D eigenvalue weighted by Gasteiger charge is 2.21. The van der Waals surface area contributed by atoms with Crippen molar-refractivity contribution in [3.63, 3.8) is 0 Å². The maximum atomic E-state index is 14.6. The van der Waals surface area contributed by atoms with Gasteiger partial charge in [-0.1, -0.05) is 0 Å². The molecule has 3 aromatic rings. The number of piperazine rings is 1. The fraction of sp³-hybridized carbons (Fsp3) is 0.360. The number of nitrogens with one attached hydrogen (secondary N) is 2. The summed E-state index contributed by atoms with van der Waals surface area (Å²) in [6.45, 7) is 7.05. The molecule has 0 radical (unpaired) electrons. The first-order chi connectivity index (χ1) is 17.5. The van der Waals surface area contributed by atoms with E-state index in [2.05, 4.69) is 61.4 Å². The predicted octanol–water partition coefficient (Wildman–Crippen LogP) is 4.67. The largest absolute Gasteiger partial charge is 0.369 e. The molecule has 1 fully saturated rings. The molecule has 2 aliphatic rings. The molecule has 2 aliphatic heterocycles. The van der Waals surface area contributed by atoms with Crippen molar-refractivity contribution in [3.05, 3.63) is 59.5 Å². The van der Waals surface area contributed by atoms with Crippen molar-refractivity contribution in [3.8, 4) is 0 Å². The normalized spacial score (nSPS) is 15.8. The number of likely N-dealkylation sites (N-methyl/N-ethyl adjacent to an activating group) is 1. The van der Waals surface area contributed by atoms with Crippen LogP contribution >= 0.6 is 12.2 Å². The van der Waals surface area contributed by atoms with E-state index >= 15 is 0 Å². The number of nitrogens with zero attached hydrogens (tertiary/aromatic N) is 5. The third kappa shape index (κ3) is 5.49. The number of benzene rings is 2. The van der Waals surface area contributed by atoms with Gasteiger partial charge < -0.3 is 20.4 Å². The van der Waals surface area contributed by atoms with E-state index in [9.17, 15) is 4.39 Å². The number of aromatic nitrogens is 2. The minimum atomic E-state index is -0.520. The highest BCUT2D eigenvalue weighted by atomic mass is 32.2. The van der Waals surface area contributed by atoms with Gasteiger partial charge in [0.2, 0.25) is 5.95 Å². The molecule has 2 N–H and O–H groups in total. The van der Waals surface area contributed by atoms with Gasteiger partial charge in [0.15, 0.2) is 23.9 Å². The molecule has 1 aromatic heterocycles. The molecule has 0 aliphatic carbocycles. The smallest absolute Gasteiger partial charge is 0.229 e. The molecular formula is C25H30FN7O2S. The van der Waals surface area contributed by atoms with Crippen LogP contribution in [0.25, 0.3) is 0 Å². The molecule has 0 atom stereocenters. The molecule has 0 bridgehead atoms. The van der Waals surface area contributed by atoms with Crippen molar-refractivity contribution in [2.24, 2.45) is 0 Å². The van der Waals surface area contributed by atoms with Crippen molar-refractivity contribution < 1.29 is 13.6 Å². The lowest BCUT2D eigenvalue weighted by Crippen LogP contribution is -2.44. The van der Waals surface area contributed by atoms with Gasteiger partial charge in [0, 0.05) is 49.8 Å². The van der Waals surface area contributed by atoms with Crippen LogP contribution in [0.2, 0.25) is 0 Å². The van der Waals surface area contributed by atoms with Gasteiger partial charge in [-0.3, -0.25) is 4.31 Å². The van der Waals surface area contributed by atoms with Crippen LogP contribution in [0.4, 0.5) is 38.9 Å². The van der Waals surface area contributed by atoms with Crippen molar-refractivity contribution in [2.75, 3.05) is 66.7 Å². The molecule has 1 saturated heterocycles. The van der Waals surface area contributed by atoms with E-state index in [4.69, 9.17) is 4.33 Å². The predicted molar refractivity (Wildman–Crippen MR) is 143 cm³/mol. The molecule has 0 unspecified atom stereocenters. The van der Waals surface area contributed by atoms with Gasteiger partial charge in [-0.2, -0.15) is 4.98 Å². The average molecular weight is 512 g/mol. The van der Waals surface area contributed by atoms with E-state index in [1.165, 1.54) is 24.6 Å². The first-order valence-electron chi connectivity index (χ1n) is 11.9. The number of fused-ring (bicyclic) bond motifs is 1. The number of anilines is 6. The highest BCUT2D eigenvalue weighted by Crippen LogP contribution is 2.36. The van der Waals surface area contributed by atoms with Crippen LogP contribution < -0.4 is 19.8 Å². The maximum Gasteiger partial charge on any atom is 0.229 e. The lowest BCUT2D eigenvalue weighted by Gasteiger charge is -2.35. The van der Waals surface area contributed by atoms with E-state index < -0.39 is 5.82 Å². The van der Waals surface area contributed by atoms with Crippen LogP contribution in [0.1, 0.15) is 11.1 Å². The van der Waals surface area contributed by atoms with Crippen molar-refractivity contribution in [2.45, 2.75) is 13.3 Å². The Kier molecular flexibility index (Phi) is 7.42. The minimum Gasteiger partial charge on any atom is -0.369 e. The van der Waals surface area contributed by atoms with Gasteiger partial charge in [-0.15, -0.1) is 4.33 Å². The second-order valence-electron chi connectivity index (χ2n) is 8.94. The Bertz CT molecular complexity index is 1220. The average Bonchev–Trinajstić information content (AvgIpc) is 3.28. The maximum absolute atomic E-state index is 14.6. The zero-order valence-corrected chi connectivity index (χ0v) is 21.4. The third-order valence-corrected chi connectivity index (χ3v) is 7.18. The molecule has 0 amide bonds. The number of halogens is 1. The third-order valence-electron chi connectivity index (χ3n) is 6.42. The minimum absolute atomic E-state index is 0.116. The van der Waals surface area contributed by atoms with Gasteiger partial charge in [0.1, 0.15) is 0 Å². The Morgan fingerprint density at radius 3 is 2.47 bits per heavy atom. The van der Waals surface area contributed by atoms with E-state index in [0.29, 0.717) is 5.95 Å². The fourth-order valence-corrected chi connectivity index (χ4v) is 5.07. The van der Waals surface area contributed by atoms with E-state index in [-0.39, 0.29) is 5.82 Å². The lowest BCUT2D eigenvalue weighted by atomic mass is 10.1.